The quantitative estimate of drug-likeness (QED) is 0.576. The summed E-state index contributed by atoms with van der Waals surface area (Å²) < 4.78 is 5.39. The number of nitrogens with zero attached hydrogens (tertiary/aromatic N) is 1. The smallest absolute Gasteiger partial charge is 0.121 e. The van der Waals surface area contributed by atoms with Crippen molar-refractivity contribution in [1.29, 1.82) is 0 Å². The van der Waals surface area contributed by atoms with Crippen LogP contribution in [0.1, 0.15) is 40.5 Å². The van der Waals surface area contributed by atoms with Crippen molar-refractivity contribution in [3.63, 3.8) is 0 Å². The van der Waals surface area contributed by atoms with Crippen LogP contribution in [-0.4, -0.2) is 37.7 Å². The van der Waals surface area contributed by atoms with Gasteiger partial charge in [-0.1, -0.05) is 12.2 Å². The minimum absolute atomic E-state index is 0.464. The topological polar surface area (TPSA) is 38.5 Å². The van der Waals surface area contributed by atoms with Crippen LogP contribution in [0, 0.1) is 5.92 Å². The van der Waals surface area contributed by atoms with E-state index in [2.05, 4.69) is 39.2 Å². The molecule has 1 heterocycles. The summed E-state index contributed by atoms with van der Waals surface area (Å²) in [6.07, 6.45) is 4.21. The second-order valence-corrected chi connectivity index (χ2v) is 6.11. The first-order valence-electron chi connectivity index (χ1n) is 7.95. The molecule has 1 aliphatic rings. The van der Waals surface area contributed by atoms with E-state index in [0.717, 1.165) is 24.6 Å². The lowest BCUT2D eigenvalue weighted by Gasteiger charge is -2.27. The van der Waals surface area contributed by atoms with Crippen LogP contribution in [0.25, 0.3) is 0 Å². The van der Waals surface area contributed by atoms with Crippen LogP contribution >= 0.6 is 0 Å². The highest BCUT2D eigenvalue weighted by atomic mass is 16.5. The average Bonchev–Trinajstić information content (AvgIpc) is 2.95. The number of hydrogen-bond acceptors (Lipinski definition) is 3. The van der Waals surface area contributed by atoms with Gasteiger partial charge >= 0.3 is 0 Å². The molecule has 1 saturated heterocycles. The maximum atomic E-state index is 5.68. The van der Waals surface area contributed by atoms with E-state index in [1.807, 2.05) is 0 Å². The molecule has 2 N–H and O–H groups in total. The molecule has 1 fully saturated rings. The zero-order valence-corrected chi connectivity index (χ0v) is 14.4. The second kappa shape index (κ2) is 8.40. The minimum atomic E-state index is 0.464. The van der Waals surface area contributed by atoms with Crippen molar-refractivity contribution < 1.29 is 4.74 Å². The molecule has 0 radical (unpaired) electrons. The summed E-state index contributed by atoms with van der Waals surface area (Å²) in [7, 11) is 1.70. The van der Waals surface area contributed by atoms with Crippen LogP contribution in [-0.2, 0) is 4.74 Å². The van der Waals surface area contributed by atoms with E-state index in [4.69, 9.17) is 10.5 Å². The van der Waals surface area contributed by atoms with Crippen LogP contribution in [0.3, 0.4) is 0 Å². The van der Waals surface area contributed by atoms with Crippen molar-refractivity contribution in [1.82, 2.24) is 4.90 Å². The minimum Gasteiger partial charge on any atom is -0.497 e. The number of likely N-dealkylation sites (tertiary alicyclic amines) is 1. The highest BCUT2D eigenvalue weighted by molar-refractivity contribution is 5.38. The molecule has 0 aromatic heterocycles. The van der Waals surface area contributed by atoms with Gasteiger partial charge in [-0.05, 0) is 76.8 Å². The van der Waals surface area contributed by atoms with Gasteiger partial charge in [-0.25, -0.2) is 0 Å². The third-order valence-electron chi connectivity index (χ3n) is 5.00. The first-order chi connectivity index (χ1) is 9.96. The number of nitrogens with two attached hydrogens (primary N) is 1. The fourth-order valence-electron chi connectivity index (χ4n) is 3.14. The third kappa shape index (κ3) is 4.45. The summed E-state index contributed by atoms with van der Waals surface area (Å²) in [6, 6.07) is 0.464. The normalized spacial score (nSPS) is 23.4. The van der Waals surface area contributed by atoms with Gasteiger partial charge in [0, 0.05) is 12.6 Å². The van der Waals surface area contributed by atoms with Crippen molar-refractivity contribution >= 4 is 0 Å². The van der Waals surface area contributed by atoms with Gasteiger partial charge in [0.2, 0.25) is 0 Å². The summed E-state index contributed by atoms with van der Waals surface area (Å²) in [5.74, 6) is 1.63. The lowest BCUT2D eigenvalue weighted by atomic mass is 9.97. The van der Waals surface area contributed by atoms with E-state index >= 15 is 0 Å². The predicted octanol–water partition coefficient (Wildman–Crippen LogP) is 3.49. The van der Waals surface area contributed by atoms with Crippen LogP contribution < -0.4 is 5.73 Å². The van der Waals surface area contributed by atoms with Crippen molar-refractivity contribution in [2.75, 3.05) is 26.7 Å². The highest BCUT2D eigenvalue weighted by Gasteiger charge is 2.26. The van der Waals surface area contributed by atoms with E-state index in [0.29, 0.717) is 6.04 Å². The molecule has 0 aliphatic carbocycles. The molecule has 0 saturated carbocycles. The Morgan fingerprint density at radius 2 is 2.05 bits per heavy atom. The molecule has 0 aromatic carbocycles. The van der Waals surface area contributed by atoms with E-state index in [9.17, 15) is 0 Å². The maximum absolute atomic E-state index is 5.68. The average molecular weight is 292 g/mol. The molecule has 120 valence electrons. The molecule has 0 amide bonds. The molecule has 2 atom stereocenters. The summed E-state index contributed by atoms with van der Waals surface area (Å²) >= 11 is 0. The van der Waals surface area contributed by atoms with Crippen LogP contribution in [0.15, 0.2) is 35.1 Å². The Morgan fingerprint density at radius 3 is 2.57 bits per heavy atom. The summed E-state index contributed by atoms with van der Waals surface area (Å²) in [4.78, 5) is 2.58. The molecule has 0 aromatic rings. The molecular weight excluding hydrogens is 260 g/mol. The standard InChI is InChI=1S/C18H32N2O/c1-7-18(21-6)15(4)13(2)14(3)16(5)20-11-9-17(12-20)8-10-19/h7,16-17H,1,8-12,19H2,2-6H3/b14-13+,18-15+. The van der Waals surface area contributed by atoms with Crippen molar-refractivity contribution in [2.45, 2.75) is 46.6 Å². The van der Waals surface area contributed by atoms with E-state index in [1.165, 1.54) is 36.2 Å². The lowest BCUT2D eigenvalue weighted by molar-refractivity contribution is 0.274. The molecule has 21 heavy (non-hydrogen) atoms. The zero-order valence-electron chi connectivity index (χ0n) is 14.4. The fraction of sp³-hybridized carbons (Fsp3) is 0.667. The molecule has 0 spiro atoms. The SMILES string of the molecule is C=C/C(OC)=C(C)\C(C)=C(/C)C(C)N1CCC(CCN)C1. The Bertz CT molecular complexity index is 423. The molecule has 1 aliphatic heterocycles. The molecule has 3 nitrogen and oxygen atoms in total. The van der Waals surface area contributed by atoms with Crippen molar-refractivity contribution in [2.24, 2.45) is 11.7 Å². The van der Waals surface area contributed by atoms with Gasteiger partial charge in [0.05, 0.1) is 7.11 Å². The molecular formula is C18H32N2O. The van der Waals surface area contributed by atoms with Gasteiger partial charge in [0.15, 0.2) is 0 Å². The number of rotatable bonds is 7. The Labute approximate surface area is 130 Å². The van der Waals surface area contributed by atoms with Gasteiger partial charge in [0.1, 0.15) is 5.76 Å². The van der Waals surface area contributed by atoms with E-state index in [1.54, 1.807) is 13.2 Å². The Hall–Kier alpha value is -1.06. The van der Waals surface area contributed by atoms with Gasteiger partial charge in [0.25, 0.3) is 0 Å². The summed E-state index contributed by atoms with van der Waals surface area (Å²) in [5, 5.41) is 0. The second-order valence-electron chi connectivity index (χ2n) is 6.11. The predicted molar refractivity (Wildman–Crippen MR) is 91.1 cm³/mol. The number of methoxy groups -OCH3 is 1. The van der Waals surface area contributed by atoms with Crippen LogP contribution in [0.4, 0.5) is 0 Å². The van der Waals surface area contributed by atoms with Crippen LogP contribution in [0.2, 0.25) is 0 Å². The molecule has 1 rings (SSSR count). The first-order valence-corrected chi connectivity index (χ1v) is 7.95. The van der Waals surface area contributed by atoms with Gasteiger partial charge < -0.3 is 10.5 Å². The third-order valence-corrected chi connectivity index (χ3v) is 5.00. The van der Waals surface area contributed by atoms with Crippen molar-refractivity contribution in [3.05, 3.63) is 35.1 Å². The van der Waals surface area contributed by atoms with Gasteiger partial charge in [-0.15, -0.1) is 0 Å². The van der Waals surface area contributed by atoms with Gasteiger partial charge in [-0.2, -0.15) is 0 Å². The van der Waals surface area contributed by atoms with Crippen LogP contribution in [0.5, 0.6) is 0 Å². The first kappa shape index (κ1) is 18.0. The Morgan fingerprint density at radius 1 is 1.38 bits per heavy atom. The number of allylic oxidation sites excluding steroid dienone is 3. The lowest BCUT2D eigenvalue weighted by Crippen LogP contribution is -2.32. The Balaban J connectivity index is 2.86. The fourth-order valence-corrected chi connectivity index (χ4v) is 3.14. The monoisotopic (exact) mass is 292 g/mol. The molecule has 3 heteroatoms. The largest absolute Gasteiger partial charge is 0.497 e. The summed E-state index contributed by atoms with van der Waals surface area (Å²) in [5.41, 5.74) is 9.58. The van der Waals surface area contributed by atoms with E-state index < -0.39 is 0 Å². The van der Waals surface area contributed by atoms with E-state index in [-0.39, 0.29) is 0 Å². The molecule has 0 bridgehead atoms. The Kier molecular flexibility index (Phi) is 7.20. The zero-order chi connectivity index (χ0) is 16.0. The maximum Gasteiger partial charge on any atom is 0.121 e. The highest BCUT2D eigenvalue weighted by Crippen LogP contribution is 2.27. The number of ether oxygens (including phenoxy) is 1. The van der Waals surface area contributed by atoms with Crippen molar-refractivity contribution in [3.8, 4) is 0 Å². The number of hydrogen-bond donors (Lipinski definition) is 1. The molecule has 2 unspecified atom stereocenters. The van der Waals surface area contributed by atoms with Gasteiger partial charge in [-0.3, -0.25) is 4.90 Å². The summed E-state index contributed by atoms with van der Waals surface area (Å²) in [6.45, 7) is 15.8.